The summed E-state index contributed by atoms with van der Waals surface area (Å²) < 4.78 is 17.2. The lowest BCUT2D eigenvalue weighted by atomic mass is 10.1. The summed E-state index contributed by atoms with van der Waals surface area (Å²) in [5.41, 5.74) is 0. The highest BCUT2D eigenvalue weighted by atomic mass is 16.6. The van der Waals surface area contributed by atoms with Crippen LogP contribution in [-0.2, 0) is 28.6 Å². The number of unbranched alkanes of at least 4 members (excludes halogenated alkanes) is 26. The molecule has 0 heterocycles. The zero-order chi connectivity index (χ0) is 42.8. The first-order chi connectivity index (χ1) is 28.1. The molecule has 8 heteroatoms. The number of carboxylic acid groups (broad SMARTS) is 1. The summed E-state index contributed by atoms with van der Waals surface area (Å²) in [7, 11) is 5.41. The molecule has 0 aliphatic rings. The van der Waals surface area contributed by atoms with Gasteiger partial charge in [0.1, 0.15) is 12.6 Å². The number of ether oxygens (including phenoxy) is 3. The van der Waals surface area contributed by atoms with Crippen LogP contribution in [-0.4, -0.2) is 75.5 Å². The molecular weight excluding hydrogens is 727 g/mol. The Bertz CT molecular complexity index is 1000. The Morgan fingerprint density at radius 1 is 0.500 bits per heavy atom. The molecular formula is C50H93NO7. The average Bonchev–Trinajstić information content (AvgIpc) is 3.18. The summed E-state index contributed by atoms with van der Waals surface area (Å²) in [5, 5.41) is 11.6. The summed E-state index contributed by atoms with van der Waals surface area (Å²) in [4.78, 5) is 36.9. The van der Waals surface area contributed by atoms with E-state index in [0.29, 0.717) is 12.8 Å². The first-order valence-corrected chi connectivity index (χ1v) is 24.4. The average molecular weight is 820 g/mol. The van der Waals surface area contributed by atoms with Crippen LogP contribution in [0.15, 0.2) is 24.3 Å². The highest BCUT2D eigenvalue weighted by Crippen LogP contribution is 2.15. The Labute approximate surface area is 358 Å². The number of hydrogen-bond acceptors (Lipinski definition) is 7. The van der Waals surface area contributed by atoms with Gasteiger partial charge >= 0.3 is 11.9 Å². The van der Waals surface area contributed by atoms with Gasteiger partial charge in [-0.3, -0.25) is 9.59 Å². The van der Waals surface area contributed by atoms with Gasteiger partial charge in [0.25, 0.3) is 0 Å². The van der Waals surface area contributed by atoms with Crippen LogP contribution >= 0.6 is 0 Å². The van der Waals surface area contributed by atoms with Gasteiger partial charge in [-0.05, 0) is 64.2 Å². The molecule has 0 aromatic carbocycles. The van der Waals surface area contributed by atoms with Gasteiger partial charge in [0.15, 0.2) is 6.10 Å². The lowest BCUT2D eigenvalue weighted by molar-refractivity contribution is -0.889. The number of nitrogens with zero attached hydrogens (tertiary/aromatic N) is 1. The maximum atomic E-state index is 12.8. The number of carboxylic acids is 1. The number of carbonyl (C=O) groups is 3. The number of rotatable bonds is 44. The number of likely N-dealkylation sites (N-methyl/N-ethyl adjacent to an activating group) is 1. The van der Waals surface area contributed by atoms with E-state index in [9.17, 15) is 19.5 Å². The second-order valence-electron chi connectivity index (χ2n) is 17.7. The molecule has 0 fully saturated rings. The van der Waals surface area contributed by atoms with E-state index < -0.39 is 18.1 Å². The predicted molar refractivity (Wildman–Crippen MR) is 240 cm³/mol. The van der Waals surface area contributed by atoms with Gasteiger partial charge in [-0.2, -0.15) is 0 Å². The van der Waals surface area contributed by atoms with E-state index in [1.165, 1.54) is 141 Å². The Kier molecular flexibility index (Phi) is 40.0. The van der Waals surface area contributed by atoms with Crippen molar-refractivity contribution in [2.24, 2.45) is 0 Å². The van der Waals surface area contributed by atoms with Crippen molar-refractivity contribution in [2.75, 3.05) is 41.0 Å². The molecule has 8 nitrogen and oxygen atoms in total. The molecule has 0 bridgehead atoms. The molecule has 0 amide bonds. The molecule has 2 atom stereocenters. The van der Waals surface area contributed by atoms with E-state index in [4.69, 9.17) is 14.2 Å². The Balaban J connectivity index is 4.28. The number of allylic oxidation sites excluding steroid dienone is 4. The van der Waals surface area contributed by atoms with Crippen LogP contribution in [0.4, 0.5) is 0 Å². The minimum atomic E-state index is -1.13. The first kappa shape index (κ1) is 55.8. The van der Waals surface area contributed by atoms with Crippen molar-refractivity contribution in [3.63, 3.8) is 0 Å². The monoisotopic (exact) mass is 820 g/mol. The van der Waals surface area contributed by atoms with Gasteiger partial charge in [-0.15, -0.1) is 0 Å². The fourth-order valence-electron chi connectivity index (χ4n) is 7.24. The van der Waals surface area contributed by atoms with Crippen LogP contribution in [0.5, 0.6) is 0 Å². The molecule has 340 valence electrons. The van der Waals surface area contributed by atoms with Gasteiger partial charge in [-0.1, -0.05) is 167 Å². The summed E-state index contributed by atoms with van der Waals surface area (Å²) in [6, 6.07) is -0.726. The number of esters is 2. The Morgan fingerprint density at radius 3 is 1.26 bits per heavy atom. The second kappa shape index (κ2) is 41.5. The summed E-state index contributed by atoms with van der Waals surface area (Å²) in [5.74, 6) is -1.75. The fourth-order valence-corrected chi connectivity index (χ4v) is 7.24. The normalized spacial score (nSPS) is 13.1. The lowest BCUT2D eigenvalue weighted by Gasteiger charge is -2.34. The minimum Gasteiger partial charge on any atom is -0.544 e. The third-order valence-corrected chi connectivity index (χ3v) is 11.1. The third-order valence-electron chi connectivity index (χ3n) is 11.1. The number of carbonyl (C=O) groups excluding carboxylic acids is 3. The molecule has 0 N–H and O–H groups in total. The molecule has 0 aromatic heterocycles. The fraction of sp³-hybridized carbons (Fsp3) is 0.860. The van der Waals surface area contributed by atoms with Crippen LogP contribution in [0.2, 0.25) is 0 Å². The predicted octanol–water partition coefficient (Wildman–Crippen LogP) is 12.3. The summed E-state index contributed by atoms with van der Waals surface area (Å²) in [6.07, 6.45) is 46.3. The number of hydrogen-bond donors (Lipinski definition) is 0. The summed E-state index contributed by atoms with van der Waals surface area (Å²) in [6.45, 7) is 4.66. The van der Waals surface area contributed by atoms with E-state index >= 15 is 0 Å². The molecule has 0 radical (unpaired) electrons. The van der Waals surface area contributed by atoms with E-state index in [0.717, 1.165) is 51.4 Å². The molecule has 58 heavy (non-hydrogen) atoms. The van der Waals surface area contributed by atoms with Crippen molar-refractivity contribution >= 4 is 17.9 Å². The minimum absolute atomic E-state index is 0.0373. The topological polar surface area (TPSA) is 102 Å². The summed E-state index contributed by atoms with van der Waals surface area (Å²) >= 11 is 0. The van der Waals surface area contributed by atoms with Gasteiger partial charge in [-0.25, -0.2) is 0 Å². The van der Waals surface area contributed by atoms with Crippen molar-refractivity contribution in [3.05, 3.63) is 24.3 Å². The Hall–Kier alpha value is -2.19. The SMILES string of the molecule is CCCCCCCCC/C=C/CCCCCC(=O)OCC(COCCC(C(=O)[O-])[N+](C)(C)C)OC(=O)CCCCCCCCC/C=C/CCCCCCCCCCC. The molecule has 0 rings (SSSR count). The van der Waals surface area contributed by atoms with Crippen molar-refractivity contribution in [3.8, 4) is 0 Å². The molecule has 2 unspecified atom stereocenters. The van der Waals surface area contributed by atoms with Gasteiger partial charge in [0.2, 0.25) is 0 Å². The zero-order valence-corrected chi connectivity index (χ0v) is 38.7. The second-order valence-corrected chi connectivity index (χ2v) is 17.7. The standard InChI is InChI=1S/C50H93NO7/c1-6-8-10-12-14-16-18-20-22-23-24-25-26-27-29-31-33-35-37-39-41-49(53)58-46(44-56-43-42-47(50(54)55)51(3,4)5)45-57-48(52)40-38-36-34-32-30-28-21-19-17-15-13-11-9-7-2/h24-25,28,30,46-47H,6-23,26-27,29,31-45H2,1-5H3/b25-24+,30-28+. The van der Waals surface area contributed by atoms with E-state index in [-0.39, 0.29) is 42.7 Å². The van der Waals surface area contributed by atoms with Gasteiger partial charge in [0, 0.05) is 19.3 Å². The largest absolute Gasteiger partial charge is 0.544 e. The van der Waals surface area contributed by atoms with E-state index in [2.05, 4.69) is 38.2 Å². The molecule has 0 saturated heterocycles. The van der Waals surface area contributed by atoms with Gasteiger partial charge < -0.3 is 28.6 Å². The third kappa shape index (κ3) is 39.3. The lowest BCUT2D eigenvalue weighted by Crippen LogP contribution is -2.55. The van der Waals surface area contributed by atoms with Crippen LogP contribution in [0.1, 0.15) is 226 Å². The maximum absolute atomic E-state index is 12.8. The Morgan fingerprint density at radius 2 is 0.862 bits per heavy atom. The van der Waals surface area contributed by atoms with Crippen molar-refractivity contribution in [2.45, 2.75) is 238 Å². The van der Waals surface area contributed by atoms with Crippen molar-refractivity contribution in [1.29, 1.82) is 0 Å². The van der Waals surface area contributed by atoms with Crippen LogP contribution in [0.3, 0.4) is 0 Å². The molecule has 0 aromatic rings. The van der Waals surface area contributed by atoms with E-state index in [1.807, 2.05) is 0 Å². The van der Waals surface area contributed by atoms with Gasteiger partial charge in [0.05, 0.1) is 40.3 Å². The highest BCUT2D eigenvalue weighted by molar-refractivity contribution is 5.70. The molecule has 0 saturated carbocycles. The van der Waals surface area contributed by atoms with Crippen LogP contribution < -0.4 is 5.11 Å². The van der Waals surface area contributed by atoms with Crippen molar-refractivity contribution in [1.82, 2.24) is 0 Å². The zero-order valence-electron chi connectivity index (χ0n) is 38.7. The first-order valence-electron chi connectivity index (χ1n) is 24.4. The quantitative estimate of drug-likeness (QED) is 0.0261. The number of aliphatic carboxylic acids is 1. The van der Waals surface area contributed by atoms with Crippen molar-refractivity contribution < 1.29 is 38.2 Å². The van der Waals surface area contributed by atoms with Crippen LogP contribution in [0, 0.1) is 0 Å². The number of quaternary nitrogens is 1. The highest BCUT2D eigenvalue weighted by Gasteiger charge is 2.25. The molecule has 0 aliphatic carbocycles. The smallest absolute Gasteiger partial charge is 0.306 e. The molecule has 0 aliphatic heterocycles. The molecule has 0 spiro atoms. The van der Waals surface area contributed by atoms with Crippen LogP contribution in [0.25, 0.3) is 0 Å². The van der Waals surface area contributed by atoms with E-state index in [1.54, 1.807) is 21.1 Å². The maximum Gasteiger partial charge on any atom is 0.306 e.